The highest BCUT2D eigenvalue weighted by Crippen LogP contribution is 2.28. The fraction of sp³-hybridized carbons (Fsp3) is 0.308. The lowest BCUT2D eigenvalue weighted by molar-refractivity contribution is 0.820. The molecule has 90 valence electrons. The predicted octanol–water partition coefficient (Wildman–Crippen LogP) is 4.04. The van der Waals surface area contributed by atoms with Crippen molar-refractivity contribution in [3.63, 3.8) is 0 Å². The quantitative estimate of drug-likeness (QED) is 0.841. The summed E-state index contributed by atoms with van der Waals surface area (Å²) in [5.74, 6) is 0.433. The Kier molecular flexibility index (Phi) is 4.04. The molecule has 1 heterocycles. The van der Waals surface area contributed by atoms with E-state index < -0.39 is 0 Å². The summed E-state index contributed by atoms with van der Waals surface area (Å²) in [6, 6.07) is 8.61. The van der Waals surface area contributed by atoms with Crippen LogP contribution in [0.15, 0.2) is 24.3 Å². The molecule has 0 radical (unpaired) electrons. The van der Waals surface area contributed by atoms with Gasteiger partial charge in [-0.2, -0.15) is 0 Å². The highest BCUT2D eigenvalue weighted by atomic mass is 127. The van der Waals surface area contributed by atoms with Gasteiger partial charge < -0.3 is 5.73 Å². The minimum absolute atomic E-state index is 0.433. The molecule has 0 aliphatic heterocycles. The van der Waals surface area contributed by atoms with Gasteiger partial charge in [-0.3, -0.25) is 0 Å². The van der Waals surface area contributed by atoms with Gasteiger partial charge in [-0.25, -0.2) is 4.98 Å². The van der Waals surface area contributed by atoms with Gasteiger partial charge in [0.1, 0.15) is 0 Å². The molecular formula is C13H15IN2S. The predicted molar refractivity (Wildman–Crippen MR) is 82.6 cm³/mol. The molecule has 1 aromatic carbocycles. The standard InChI is InChI=1S/C13H15IN2S/c1-8(2)12-11(17-13(15)16-12)7-9-3-5-10(14)6-4-9/h3-6,8H,7H2,1-2H3,(H2,15,16). The first kappa shape index (κ1) is 12.8. The Morgan fingerprint density at radius 1 is 1.29 bits per heavy atom. The molecule has 0 atom stereocenters. The van der Waals surface area contributed by atoms with Gasteiger partial charge >= 0.3 is 0 Å². The number of aromatic nitrogens is 1. The van der Waals surface area contributed by atoms with Gasteiger partial charge in [0, 0.05) is 14.9 Å². The van der Waals surface area contributed by atoms with Crippen molar-refractivity contribution in [3.05, 3.63) is 44.0 Å². The third kappa shape index (κ3) is 3.19. The Morgan fingerprint density at radius 2 is 1.94 bits per heavy atom. The summed E-state index contributed by atoms with van der Waals surface area (Å²) >= 11 is 3.93. The van der Waals surface area contributed by atoms with Crippen molar-refractivity contribution in [2.75, 3.05) is 5.73 Å². The first-order chi connectivity index (χ1) is 8.06. The van der Waals surface area contributed by atoms with Crippen molar-refractivity contribution in [1.29, 1.82) is 0 Å². The molecule has 0 bridgehead atoms. The average Bonchev–Trinajstić information content (AvgIpc) is 2.63. The Labute approximate surface area is 119 Å². The topological polar surface area (TPSA) is 38.9 Å². The Morgan fingerprint density at radius 3 is 2.53 bits per heavy atom. The first-order valence-electron chi connectivity index (χ1n) is 5.55. The molecule has 0 fully saturated rings. The van der Waals surface area contributed by atoms with Crippen molar-refractivity contribution >= 4 is 39.1 Å². The fourth-order valence-electron chi connectivity index (χ4n) is 1.75. The van der Waals surface area contributed by atoms with Crippen molar-refractivity contribution in [2.45, 2.75) is 26.2 Å². The van der Waals surface area contributed by atoms with Gasteiger partial charge in [-0.1, -0.05) is 26.0 Å². The minimum atomic E-state index is 0.433. The molecule has 0 aliphatic carbocycles. The van der Waals surface area contributed by atoms with Crippen LogP contribution in [0, 0.1) is 3.57 Å². The summed E-state index contributed by atoms with van der Waals surface area (Å²) in [7, 11) is 0. The summed E-state index contributed by atoms with van der Waals surface area (Å²) in [6.45, 7) is 4.32. The molecule has 0 unspecified atom stereocenters. The summed E-state index contributed by atoms with van der Waals surface area (Å²) in [6.07, 6.45) is 0.930. The van der Waals surface area contributed by atoms with E-state index in [-0.39, 0.29) is 0 Å². The molecular weight excluding hydrogens is 343 g/mol. The zero-order valence-corrected chi connectivity index (χ0v) is 12.9. The Hall–Kier alpha value is -0.620. The zero-order chi connectivity index (χ0) is 12.4. The number of rotatable bonds is 3. The summed E-state index contributed by atoms with van der Waals surface area (Å²) in [5, 5.41) is 0.675. The van der Waals surface area contributed by atoms with E-state index in [4.69, 9.17) is 5.73 Å². The monoisotopic (exact) mass is 358 g/mol. The normalized spacial score (nSPS) is 11.1. The maximum atomic E-state index is 5.80. The molecule has 0 aliphatic rings. The van der Waals surface area contributed by atoms with Crippen LogP contribution in [0.3, 0.4) is 0 Å². The SMILES string of the molecule is CC(C)c1nc(N)sc1Cc1ccc(I)cc1. The average molecular weight is 358 g/mol. The lowest BCUT2D eigenvalue weighted by atomic mass is 10.1. The zero-order valence-electron chi connectivity index (χ0n) is 9.90. The van der Waals surface area contributed by atoms with Crippen LogP contribution < -0.4 is 5.73 Å². The van der Waals surface area contributed by atoms with Crippen LogP contribution in [-0.4, -0.2) is 4.98 Å². The number of halogens is 1. The maximum Gasteiger partial charge on any atom is 0.180 e. The molecule has 0 amide bonds. The van der Waals surface area contributed by atoms with Crippen LogP contribution in [-0.2, 0) is 6.42 Å². The number of nitrogens with two attached hydrogens (primary N) is 1. The van der Waals surface area contributed by atoms with Crippen molar-refractivity contribution in [2.24, 2.45) is 0 Å². The van der Waals surface area contributed by atoms with Crippen LogP contribution in [0.2, 0.25) is 0 Å². The second-order valence-corrected chi connectivity index (χ2v) is 6.68. The number of hydrogen-bond donors (Lipinski definition) is 1. The number of nitrogens with zero attached hydrogens (tertiary/aromatic N) is 1. The molecule has 0 spiro atoms. The Bertz CT molecular complexity index is 503. The smallest absolute Gasteiger partial charge is 0.180 e. The third-order valence-corrected chi connectivity index (χ3v) is 4.19. The van der Waals surface area contributed by atoms with Crippen molar-refractivity contribution < 1.29 is 0 Å². The maximum absolute atomic E-state index is 5.80. The van der Waals surface area contributed by atoms with E-state index in [0.717, 1.165) is 12.1 Å². The first-order valence-corrected chi connectivity index (χ1v) is 7.45. The highest BCUT2D eigenvalue weighted by molar-refractivity contribution is 14.1. The number of hydrogen-bond acceptors (Lipinski definition) is 3. The van der Waals surface area contributed by atoms with Gasteiger partial charge in [-0.05, 0) is 46.2 Å². The largest absolute Gasteiger partial charge is 0.375 e. The van der Waals surface area contributed by atoms with Crippen LogP contribution in [0.1, 0.15) is 35.9 Å². The second kappa shape index (κ2) is 5.35. The Balaban J connectivity index is 2.26. The third-order valence-electron chi connectivity index (χ3n) is 2.57. The van der Waals surface area contributed by atoms with Gasteiger partial charge in [0.15, 0.2) is 5.13 Å². The fourth-order valence-corrected chi connectivity index (χ4v) is 3.13. The van der Waals surface area contributed by atoms with Gasteiger partial charge in [0.25, 0.3) is 0 Å². The number of nitrogen functional groups attached to an aromatic ring is 1. The summed E-state index contributed by atoms with van der Waals surface area (Å²) < 4.78 is 1.26. The summed E-state index contributed by atoms with van der Waals surface area (Å²) in [4.78, 5) is 5.71. The van der Waals surface area contributed by atoms with Gasteiger partial charge in [-0.15, -0.1) is 11.3 Å². The lowest BCUT2D eigenvalue weighted by Crippen LogP contribution is -1.95. The number of thiazole rings is 1. The molecule has 2 nitrogen and oxygen atoms in total. The molecule has 2 N–H and O–H groups in total. The van der Waals surface area contributed by atoms with E-state index in [0.29, 0.717) is 11.0 Å². The molecule has 2 rings (SSSR count). The minimum Gasteiger partial charge on any atom is -0.375 e. The van der Waals surface area contributed by atoms with E-state index >= 15 is 0 Å². The van der Waals surface area contributed by atoms with Gasteiger partial charge in [0.2, 0.25) is 0 Å². The molecule has 4 heteroatoms. The molecule has 2 aromatic rings. The van der Waals surface area contributed by atoms with E-state index in [1.807, 2.05) is 0 Å². The molecule has 1 aromatic heterocycles. The molecule has 0 saturated carbocycles. The van der Waals surface area contributed by atoms with Crippen molar-refractivity contribution in [1.82, 2.24) is 4.98 Å². The van der Waals surface area contributed by atoms with Gasteiger partial charge in [0.05, 0.1) is 5.69 Å². The lowest BCUT2D eigenvalue weighted by Gasteiger charge is -2.05. The number of anilines is 1. The van der Waals surface area contributed by atoms with E-state index in [9.17, 15) is 0 Å². The van der Waals surface area contributed by atoms with Crippen LogP contribution in [0.4, 0.5) is 5.13 Å². The van der Waals surface area contributed by atoms with E-state index in [2.05, 4.69) is 65.7 Å². The number of benzene rings is 1. The molecule has 17 heavy (non-hydrogen) atoms. The van der Waals surface area contributed by atoms with Crippen LogP contribution in [0.25, 0.3) is 0 Å². The second-order valence-electron chi connectivity index (χ2n) is 4.32. The highest BCUT2D eigenvalue weighted by Gasteiger charge is 2.13. The van der Waals surface area contributed by atoms with E-state index in [1.54, 1.807) is 11.3 Å². The van der Waals surface area contributed by atoms with Crippen LogP contribution >= 0.6 is 33.9 Å². The van der Waals surface area contributed by atoms with E-state index in [1.165, 1.54) is 14.0 Å². The summed E-state index contributed by atoms with van der Waals surface area (Å²) in [5.41, 5.74) is 8.26. The molecule has 0 saturated heterocycles. The van der Waals surface area contributed by atoms with Crippen molar-refractivity contribution in [3.8, 4) is 0 Å². The van der Waals surface area contributed by atoms with Crippen LogP contribution in [0.5, 0.6) is 0 Å².